The number of carbonyl (C=O) groups excluding carboxylic acids is 1. The van der Waals surface area contributed by atoms with Gasteiger partial charge in [0.1, 0.15) is 76.3 Å². The minimum absolute atomic E-state index is 0.0951. The number of nitrogens with one attached hydrogen (secondary N) is 1. The molecule has 0 aromatic heterocycles. The van der Waals surface area contributed by atoms with Gasteiger partial charge in [0.15, 0.2) is 0 Å². The van der Waals surface area contributed by atoms with Crippen LogP contribution >= 0.6 is 0 Å². The molecule has 7 N–H and O–H groups in total. The Balaban J connectivity index is 1.33. The number of hydrogen-bond acceptors (Lipinski definition) is 12. The molecule has 2 aliphatic rings. The lowest BCUT2D eigenvalue weighted by Gasteiger charge is -2.26. The smallest absolute Gasteiger partial charge is 0.323 e. The zero-order valence-electron chi connectivity index (χ0n) is 37.5. The van der Waals surface area contributed by atoms with Crippen molar-refractivity contribution >= 4 is 63.5 Å². The van der Waals surface area contributed by atoms with E-state index in [0.29, 0.717) is 41.1 Å². The second-order valence-electron chi connectivity index (χ2n) is 16.1. The van der Waals surface area contributed by atoms with E-state index in [1.807, 2.05) is 86.2 Å². The molecular weight excluding hydrogens is 865 g/mol. The molecule has 0 spiro atoms. The molecule has 1 aliphatic heterocycles. The fraction of sp³-hybridized carbons (Fsp3) is 0.265. The van der Waals surface area contributed by atoms with E-state index >= 15 is 0 Å². The van der Waals surface area contributed by atoms with Crippen molar-refractivity contribution < 1.29 is 58.3 Å². The summed E-state index contributed by atoms with van der Waals surface area (Å²) in [4.78, 5) is 65.1. The number of benzene rings is 5. The van der Waals surface area contributed by atoms with Gasteiger partial charge in [-0.2, -0.15) is 0 Å². The van der Waals surface area contributed by atoms with Crippen LogP contribution in [-0.2, 0) is 36.8 Å². The Bertz CT molecular complexity index is 2810. The molecule has 67 heavy (non-hydrogen) atoms. The number of anilines is 4. The van der Waals surface area contributed by atoms with E-state index in [4.69, 9.17) is 19.6 Å². The molecule has 0 fully saturated rings. The molecular formula is C49H53N6O12+. The average Bonchev–Trinajstić information content (AvgIpc) is 3.26. The Morgan fingerprint density at radius 1 is 0.672 bits per heavy atom. The first-order valence-corrected chi connectivity index (χ1v) is 21.1. The van der Waals surface area contributed by atoms with Crippen LogP contribution in [0.4, 0.5) is 22.7 Å². The minimum Gasteiger partial charge on any atom is -0.488 e. The summed E-state index contributed by atoms with van der Waals surface area (Å²) in [6, 6.07) is 28.6. The lowest BCUT2D eigenvalue weighted by molar-refractivity contribution is -0.138. The Morgan fingerprint density at radius 2 is 1.28 bits per heavy atom. The molecule has 350 valence electrons. The molecule has 4 aromatic rings. The van der Waals surface area contributed by atoms with Crippen LogP contribution in [0.5, 0.6) is 11.5 Å². The summed E-state index contributed by atoms with van der Waals surface area (Å²) < 4.78 is 20.9. The molecule has 0 radical (unpaired) electrons. The number of nitrogens with two attached hydrogens (primary N) is 1. The normalized spacial score (nSPS) is 10.9. The van der Waals surface area contributed by atoms with Crippen LogP contribution in [0.15, 0.2) is 101 Å². The van der Waals surface area contributed by atoms with Crippen molar-refractivity contribution in [2.24, 2.45) is 0 Å². The highest BCUT2D eigenvalue weighted by Gasteiger charge is 2.24. The Morgan fingerprint density at radius 3 is 1.90 bits per heavy atom. The number of aliphatic carboxylic acids is 4. The van der Waals surface area contributed by atoms with Gasteiger partial charge in [0.05, 0.1) is 23.9 Å². The van der Waals surface area contributed by atoms with Gasteiger partial charge in [-0.1, -0.05) is 24.3 Å². The third-order valence-electron chi connectivity index (χ3n) is 10.7. The van der Waals surface area contributed by atoms with Crippen LogP contribution in [0.25, 0.3) is 33.4 Å². The maximum atomic E-state index is 13.0. The largest absolute Gasteiger partial charge is 0.488 e. The molecule has 0 saturated carbocycles. The summed E-state index contributed by atoms with van der Waals surface area (Å²) in [5.74, 6) is -4.62. The molecule has 1 amide bonds. The lowest BCUT2D eigenvalue weighted by atomic mass is 9.93. The first-order valence-electron chi connectivity index (χ1n) is 21.1. The van der Waals surface area contributed by atoms with Gasteiger partial charge >= 0.3 is 23.9 Å². The molecule has 4 aromatic carbocycles. The van der Waals surface area contributed by atoms with Crippen molar-refractivity contribution in [2.75, 3.05) is 94.6 Å². The van der Waals surface area contributed by atoms with E-state index in [2.05, 4.69) is 5.32 Å². The number of fused-ring (bicyclic) bond motifs is 2. The maximum absolute atomic E-state index is 13.0. The van der Waals surface area contributed by atoms with E-state index in [1.165, 1.54) is 12.1 Å². The zero-order chi connectivity index (χ0) is 48.4. The predicted octanol–water partition coefficient (Wildman–Crippen LogP) is 4.20. The summed E-state index contributed by atoms with van der Waals surface area (Å²) in [6.45, 7) is -2.74. The van der Waals surface area contributed by atoms with Crippen LogP contribution in [0.1, 0.15) is 11.1 Å². The molecule has 18 nitrogen and oxygen atoms in total. The van der Waals surface area contributed by atoms with Crippen LogP contribution in [0.3, 0.4) is 0 Å². The first kappa shape index (κ1) is 48.2. The summed E-state index contributed by atoms with van der Waals surface area (Å²) in [5, 5.41) is 43.6. The third kappa shape index (κ3) is 12.7. The van der Waals surface area contributed by atoms with Gasteiger partial charge in [0.25, 0.3) is 0 Å². The Kier molecular flexibility index (Phi) is 15.5. The van der Waals surface area contributed by atoms with Crippen LogP contribution in [0.2, 0.25) is 0 Å². The van der Waals surface area contributed by atoms with Crippen LogP contribution in [0, 0.1) is 0 Å². The summed E-state index contributed by atoms with van der Waals surface area (Å²) in [7, 11) is 7.69. The number of hydrogen-bond donors (Lipinski definition) is 6. The Labute approximate surface area is 385 Å². The fourth-order valence-corrected chi connectivity index (χ4v) is 7.51. The van der Waals surface area contributed by atoms with E-state index in [-0.39, 0.29) is 48.4 Å². The van der Waals surface area contributed by atoms with Gasteiger partial charge in [-0.25, -0.2) is 4.58 Å². The van der Waals surface area contributed by atoms with Gasteiger partial charge in [-0.15, -0.1) is 0 Å². The molecule has 0 atom stereocenters. The van der Waals surface area contributed by atoms with Crippen molar-refractivity contribution in [3.63, 3.8) is 0 Å². The molecule has 6 rings (SSSR count). The third-order valence-corrected chi connectivity index (χ3v) is 10.7. The molecule has 18 heteroatoms. The number of carboxylic acids is 4. The zero-order valence-corrected chi connectivity index (χ0v) is 37.5. The summed E-state index contributed by atoms with van der Waals surface area (Å²) >= 11 is 0. The van der Waals surface area contributed by atoms with Crippen molar-refractivity contribution in [1.29, 1.82) is 0 Å². The summed E-state index contributed by atoms with van der Waals surface area (Å²) in [5.41, 5.74) is 11.8. The number of ether oxygens (including phenoxy) is 2. The standard InChI is InChI=1S/C49H52N6O12/c1-52(2)34-11-13-36-41(24-34)67-42-25-35(53(3)4)12-14-37(42)49(36)32-8-15-38(54(26-45(57)58)27-46(59)60)43(23-32)66-20-19-65-40-16-7-31(21-39(40)55(28-47(61)62)29-48(63)64)22-44(56)51-18-17-30-5-9-33(50)10-6-30/h5-16,21,23-25H,17-20,22,26-29,50H2,1-4H3,(H4-,51,56,57,58,59,60,61,62,63,64)/p+1. The van der Waals surface area contributed by atoms with Crippen molar-refractivity contribution in [2.45, 2.75) is 12.8 Å². The number of nitrogen functional groups attached to an aromatic ring is 1. The highest BCUT2D eigenvalue weighted by atomic mass is 16.5. The van der Waals surface area contributed by atoms with E-state index in [1.54, 1.807) is 36.4 Å². The van der Waals surface area contributed by atoms with Crippen LogP contribution in [-0.4, -0.2) is 124 Å². The number of rotatable bonds is 22. The van der Waals surface area contributed by atoms with Gasteiger partial charge in [0, 0.05) is 60.7 Å². The molecule has 0 bridgehead atoms. The van der Waals surface area contributed by atoms with E-state index in [0.717, 1.165) is 42.9 Å². The molecule has 1 heterocycles. The molecule has 1 aliphatic carbocycles. The fourth-order valence-electron chi connectivity index (χ4n) is 7.51. The summed E-state index contributed by atoms with van der Waals surface area (Å²) in [6.07, 6.45) is 0.466. The van der Waals surface area contributed by atoms with Gasteiger partial charge in [-0.3, -0.25) is 24.0 Å². The topological polar surface area (TPSA) is 249 Å². The highest BCUT2D eigenvalue weighted by molar-refractivity contribution is 6.03. The van der Waals surface area contributed by atoms with Crippen molar-refractivity contribution in [3.05, 3.63) is 114 Å². The number of nitrogens with zero attached hydrogens (tertiary/aromatic N) is 4. The second kappa shape index (κ2) is 21.6. The van der Waals surface area contributed by atoms with E-state index in [9.17, 15) is 44.4 Å². The average molecular weight is 918 g/mol. The Hall–Kier alpha value is -8.28. The lowest BCUT2D eigenvalue weighted by Crippen LogP contribution is -2.35. The number of amides is 1. The van der Waals surface area contributed by atoms with Gasteiger partial charge in [0.2, 0.25) is 11.3 Å². The number of carboxylic acid groups (broad SMARTS) is 4. The monoisotopic (exact) mass is 917 g/mol. The quantitative estimate of drug-likeness (QED) is 0.0242. The number of carbonyl (C=O) groups is 5. The van der Waals surface area contributed by atoms with Crippen molar-refractivity contribution in [1.82, 2.24) is 9.89 Å². The maximum Gasteiger partial charge on any atom is 0.323 e. The van der Waals surface area contributed by atoms with Crippen LogP contribution < -0.4 is 45.2 Å². The van der Waals surface area contributed by atoms with E-state index < -0.39 is 50.1 Å². The molecule has 0 unspecified atom stereocenters. The van der Waals surface area contributed by atoms with Crippen molar-refractivity contribution in [3.8, 4) is 33.9 Å². The first-order chi connectivity index (χ1) is 31.9. The van der Waals surface area contributed by atoms with Gasteiger partial charge < -0.3 is 60.1 Å². The second-order valence-corrected chi connectivity index (χ2v) is 16.1. The SMILES string of the molecule is CN(C)c1ccc2c(-c3ccc(N(CC(=O)O)CC(=O)O)c(OCCOc4ccc(CC(=O)NCCc5ccc(N)cc5)cc4N(CC(=O)O)CC(=O)O)c3)c3ccc(=[N+](C)C)cc-3oc2c1. The minimum atomic E-state index is -1.30. The predicted molar refractivity (Wildman–Crippen MR) is 253 cm³/mol. The van der Waals surface area contributed by atoms with Gasteiger partial charge in [-0.05, 0) is 77.7 Å². The molecule has 0 saturated heterocycles. The highest BCUT2D eigenvalue weighted by Crippen LogP contribution is 2.43.